The number of hydrogen-bond acceptors (Lipinski definition) is 2. The molecule has 0 saturated carbocycles. The van der Waals surface area contributed by atoms with Crippen molar-refractivity contribution in [3.05, 3.63) is 69.2 Å². The Morgan fingerprint density at radius 1 is 1.14 bits per heavy atom. The zero-order valence-corrected chi connectivity index (χ0v) is 13.1. The molecule has 3 heteroatoms. The van der Waals surface area contributed by atoms with Crippen molar-refractivity contribution < 1.29 is 0 Å². The lowest BCUT2D eigenvalue weighted by molar-refractivity contribution is 0.549. The van der Waals surface area contributed by atoms with Gasteiger partial charge in [0.2, 0.25) is 0 Å². The highest BCUT2D eigenvalue weighted by atomic mass is 35.5. The Kier molecular flexibility index (Phi) is 4.29. The van der Waals surface area contributed by atoms with Crippen molar-refractivity contribution in [3.63, 3.8) is 0 Å². The molecule has 1 aliphatic rings. The van der Waals surface area contributed by atoms with E-state index < -0.39 is 0 Å². The molecule has 0 saturated heterocycles. The average Bonchev–Trinajstić information content (AvgIpc) is 2.93. The molecule has 0 fully saturated rings. The first-order valence-electron chi connectivity index (χ1n) is 7.50. The van der Waals surface area contributed by atoms with Gasteiger partial charge in [0, 0.05) is 5.02 Å². The van der Waals surface area contributed by atoms with Crippen LogP contribution < -0.4 is 11.3 Å². The topological polar surface area (TPSA) is 38.0 Å². The Morgan fingerprint density at radius 2 is 1.95 bits per heavy atom. The summed E-state index contributed by atoms with van der Waals surface area (Å²) in [5, 5.41) is 0.768. The minimum Gasteiger partial charge on any atom is -0.271 e. The number of rotatable bonds is 4. The lowest BCUT2D eigenvalue weighted by Gasteiger charge is -2.19. The number of halogens is 1. The Hall–Kier alpha value is -1.35. The van der Waals surface area contributed by atoms with Crippen LogP contribution in [0.25, 0.3) is 0 Å². The zero-order valence-electron chi connectivity index (χ0n) is 12.3. The first-order chi connectivity index (χ1) is 10.2. The molecule has 3 rings (SSSR count). The van der Waals surface area contributed by atoms with Crippen LogP contribution in [0.5, 0.6) is 0 Å². The van der Waals surface area contributed by atoms with Crippen molar-refractivity contribution in [1.29, 1.82) is 0 Å². The molecule has 0 amide bonds. The molecule has 2 aromatic carbocycles. The second-order valence-electron chi connectivity index (χ2n) is 5.88. The molecule has 2 aromatic rings. The van der Waals surface area contributed by atoms with Crippen LogP contribution in [0.2, 0.25) is 5.02 Å². The third kappa shape index (κ3) is 3.13. The molecule has 1 atom stereocenters. The summed E-state index contributed by atoms with van der Waals surface area (Å²) in [5.41, 5.74) is 9.70. The summed E-state index contributed by atoms with van der Waals surface area (Å²) in [6, 6.07) is 13.0. The van der Waals surface area contributed by atoms with Gasteiger partial charge in [0.15, 0.2) is 0 Å². The van der Waals surface area contributed by atoms with E-state index in [1.165, 1.54) is 47.1 Å². The molecular formula is C18H21ClN2. The van der Waals surface area contributed by atoms with Crippen LogP contribution in [0.4, 0.5) is 0 Å². The molecule has 0 radical (unpaired) electrons. The molecule has 0 spiro atoms. The fraction of sp³-hybridized carbons (Fsp3) is 0.333. The summed E-state index contributed by atoms with van der Waals surface area (Å²) in [4.78, 5) is 0. The van der Waals surface area contributed by atoms with Crippen molar-refractivity contribution in [2.45, 2.75) is 38.6 Å². The number of nitrogens with two attached hydrogens (primary N) is 1. The SMILES string of the molecule is Cc1cc(Cl)ccc1C(Cc1ccc2c(c1)CCC2)NN. The van der Waals surface area contributed by atoms with Gasteiger partial charge in [-0.05, 0) is 72.6 Å². The first kappa shape index (κ1) is 14.6. The summed E-state index contributed by atoms with van der Waals surface area (Å²) in [7, 11) is 0. The molecule has 0 aliphatic heterocycles. The Bertz CT molecular complexity index is 652. The van der Waals surface area contributed by atoms with Crippen LogP contribution in [-0.4, -0.2) is 0 Å². The van der Waals surface area contributed by atoms with Gasteiger partial charge in [0.05, 0.1) is 6.04 Å². The first-order valence-corrected chi connectivity index (χ1v) is 7.88. The molecule has 0 heterocycles. The van der Waals surface area contributed by atoms with E-state index in [4.69, 9.17) is 17.4 Å². The van der Waals surface area contributed by atoms with Gasteiger partial charge < -0.3 is 0 Å². The van der Waals surface area contributed by atoms with Gasteiger partial charge in [-0.1, -0.05) is 35.9 Å². The highest BCUT2D eigenvalue weighted by molar-refractivity contribution is 6.30. The number of hydrazine groups is 1. The van der Waals surface area contributed by atoms with Crippen molar-refractivity contribution in [3.8, 4) is 0 Å². The van der Waals surface area contributed by atoms with E-state index in [-0.39, 0.29) is 6.04 Å². The van der Waals surface area contributed by atoms with E-state index in [1.807, 2.05) is 12.1 Å². The molecule has 21 heavy (non-hydrogen) atoms. The number of aryl methyl sites for hydroxylation is 3. The Labute approximate surface area is 131 Å². The number of fused-ring (bicyclic) bond motifs is 1. The molecule has 3 N–H and O–H groups in total. The predicted octanol–water partition coefficient (Wildman–Crippen LogP) is 3.88. The standard InChI is InChI=1S/C18H21ClN2/c1-12-9-16(19)7-8-17(12)18(21-20)11-13-5-6-14-3-2-4-15(14)10-13/h5-10,18,21H,2-4,11,20H2,1H3. The molecule has 1 aliphatic carbocycles. The monoisotopic (exact) mass is 300 g/mol. The summed E-state index contributed by atoms with van der Waals surface area (Å²) in [6.07, 6.45) is 4.62. The second kappa shape index (κ2) is 6.18. The van der Waals surface area contributed by atoms with E-state index in [9.17, 15) is 0 Å². The molecule has 2 nitrogen and oxygen atoms in total. The van der Waals surface area contributed by atoms with Crippen LogP contribution in [0.3, 0.4) is 0 Å². The lowest BCUT2D eigenvalue weighted by atomic mass is 9.94. The van der Waals surface area contributed by atoms with Gasteiger partial charge in [0.25, 0.3) is 0 Å². The van der Waals surface area contributed by atoms with E-state index in [0.717, 1.165) is 11.4 Å². The van der Waals surface area contributed by atoms with E-state index in [1.54, 1.807) is 0 Å². The van der Waals surface area contributed by atoms with E-state index in [0.29, 0.717) is 0 Å². The number of nitrogens with one attached hydrogen (secondary N) is 1. The summed E-state index contributed by atoms with van der Waals surface area (Å²) in [6.45, 7) is 2.08. The Morgan fingerprint density at radius 3 is 2.71 bits per heavy atom. The van der Waals surface area contributed by atoms with E-state index in [2.05, 4.69) is 36.6 Å². The van der Waals surface area contributed by atoms with Gasteiger partial charge in [-0.25, -0.2) is 0 Å². The maximum absolute atomic E-state index is 6.04. The fourth-order valence-electron chi connectivity index (χ4n) is 3.28. The van der Waals surface area contributed by atoms with Crippen LogP contribution >= 0.6 is 11.6 Å². The second-order valence-corrected chi connectivity index (χ2v) is 6.32. The van der Waals surface area contributed by atoms with Crippen LogP contribution in [0.1, 0.15) is 40.3 Å². The smallest absolute Gasteiger partial charge is 0.0502 e. The normalized spacial score (nSPS) is 15.0. The molecule has 110 valence electrons. The third-order valence-electron chi connectivity index (χ3n) is 4.41. The minimum atomic E-state index is 0.113. The van der Waals surface area contributed by atoms with Crippen LogP contribution in [0.15, 0.2) is 36.4 Å². The minimum absolute atomic E-state index is 0.113. The number of hydrogen-bond donors (Lipinski definition) is 2. The number of benzene rings is 2. The van der Waals surface area contributed by atoms with Gasteiger partial charge in [-0.2, -0.15) is 0 Å². The van der Waals surface area contributed by atoms with Crippen molar-refractivity contribution >= 4 is 11.6 Å². The van der Waals surface area contributed by atoms with Crippen LogP contribution in [-0.2, 0) is 19.3 Å². The zero-order chi connectivity index (χ0) is 14.8. The molecular weight excluding hydrogens is 280 g/mol. The third-order valence-corrected chi connectivity index (χ3v) is 4.65. The average molecular weight is 301 g/mol. The maximum atomic E-state index is 6.04. The summed E-state index contributed by atoms with van der Waals surface area (Å²) < 4.78 is 0. The van der Waals surface area contributed by atoms with Gasteiger partial charge in [-0.15, -0.1) is 0 Å². The predicted molar refractivity (Wildman–Crippen MR) is 88.4 cm³/mol. The van der Waals surface area contributed by atoms with Crippen molar-refractivity contribution in [2.24, 2.45) is 5.84 Å². The largest absolute Gasteiger partial charge is 0.271 e. The highest BCUT2D eigenvalue weighted by Crippen LogP contribution is 2.27. The molecule has 0 bridgehead atoms. The van der Waals surface area contributed by atoms with Crippen molar-refractivity contribution in [1.82, 2.24) is 5.43 Å². The van der Waals surface area contributed by atoms with Crippen molar-refractivity contribution in [2.75, 3.05) is 0 Å². The lowest BCUT2D eigenvalue weighted by Crippen LogP contribution is -2.30. The van der Waals surface area contributed by atoms with Gasteiger partial charge >= 0.3 is 0 Å². The summed E-state index contributed by atoms with van der Waals surface area (Å²) in [5.74, 6) is 5.79. The Balaban J connectivity index is 1.84. The molecule has 1 unspecified atom stereocenters. The fourth-order valence-corrected chi connectivity index (χ4v) is 3.50. The summed E-state index contributed by atoms with van der Waals surface area (Å²) >= 11 is 6.04. The van der Waals surface area contributed by atoms with E-state index >= 15 is 0 Å². The molecule has 0 aromatic heterocycles. The van der Waals surface area contributed by atoms with Crippen LogP contribution in [0, 0.1) is 6.92 Å². The quantitative estimate of drug-likeness (QED) is 0.664. The maximum Gasteiger partial charge on any atom is 0.0502 e. The van der Waals surface area contributed by atoms with Gasteiger partial charge in [0.1, 0.15) is 0 Å². The highest BCUT2D eigenvalue weighted by Gasteiger charge is 2.16. The van der Waals surface area contributed by atoms with Gasteiger partial charge in [-0.3, -0.25) is 11.3 Å².